The molecule has 1 unspecified atom stereocenters. The molecule has 34 heavy (non-hydrogen) atoms. The number of nitrogens with one attached hydrogen (secondary N) is 1. The van der Waals surface area contributed by atoms with E-state index < -0.39 is 23.5 Å². The number of hydrogen-bond donors (Lipinski definition) is 2. The van der Waals surface area contributed by atoms with Crippen molar-refractivity contribution in [3.8, 4) is 11.1 Å². The zero-order chi connectivity index (χ0) is 25.2. The summed E-state index contributed by atoms with van der Waals surface area (Å²) < 4.78 is 20.4. The van der Waals surface area contributed by atoms with E-state index in [9.17, 15) is 19.1 Å². The highest BCUT2D eigenvalue weighted by atomic mass is 35.5. The SMILES string of the molecule is Cc1nc(C(=O)NC2CCCCC2)c(C)c(-c2ccc(Cl)c(F)c2)c1C(OC(C)(C)C)C(=O)O. The molecular formula is C26H32ClFN2O4. The van der Waals surface area contributed by atoms with Crippen LogP contribution in [-0.4, -0.2) is 33.6 Å². The van der Waals surface area contributed by atoms with Gasteiger partial charge in [-0.2, -0.15) is 0 Å². The largest absolute Gasteiger partial charge is 0.479 e. The monoisotopic (exact) mass is 490 g/mol. The molecular weight excluding hydrogens is 459 g/mol. The fourth-order valence-corrected chi connectivity index (χ4v) is 4.58. The van der Waals surface area contributed by atoms with E-state index in [4.69, 9.17) is 16.3 Å². The molecule has 1 aromatic carbocycles. The number of aliphatic carboxylic acids is 1. The number of ether oxygens (including phenoxy) is 1. The molecule has 2 N–H and O–H groups in total. The lowest BCUT2D eigenvalue weighted by atomic mass is 9.89. The lowest BCUT2D eigenvalue weighted by Crippen LogP contribution is -2.37. The highest BCUT2D eigenvalue weighted by Crippen LogP contribution is 2.39. The summed E-state index contributed by atoms with van der Waals surface area (Å²) in [4.78, 5) is 30.0. The van der Waals surface area contributed by atoms with Crippen LogP contribution in [0.4, 0.5) is 4.39 Å². The summed E-state index contributed by atoms with van der Waals surface area (Å²) in [6.45, 7) is 8.61. The number of carboxylic acids is 1. The number of aryl methyl sites for hydroxylation is 1. The molecule has 0 bridgehead atoms. The predicted octanol–water partition coefficient (Wildman–Crippen LogP) is 6.16. The first-order valence-electron chi connectivity index (χ1n) is 11.6. The van der Waals surface area contributed by atoms with Gasteiger partial charge in [-0.05, 0) is 76.3 Å². The average Bonchev–Trinajstić information content (AvgIpc) is 2.75. The number of carbonyl (C=O) groups excluding carboxylic acids is 1. The van der Waals surface area contributed by atoms with Crippen molar-refractivity contribution >= 4 is 23.5 Å². The maximum Gasteiger partial charge on any atom is 0.337 e. The van der Waals surface area contributed by atoms with Crippen molar-refractivity contribution in [3.05, 3.63) is 51.6 Å². The number of amides is 1. The highest BCUT2D eigenvalue weighted by Gasteiger charge is 2.34. The number of hydrogen-bond acceptors (Lipinski definition) is 4. The van der Waals surface area contributed by atoms with Gasteiger partial charge in [0.2, 0.25) is 0 Å². The van der Waals surface area contributed by atoms with Crippen LogP contribution in [0.3, 0.4) is 0 Å². The van der Waals surface area contributed by atoms with Gasteiger partial charge in [0.15, 0.2) is 6.10 Å². The molecule has 3 rings (SSSR count). The van der Waals surface area contributed by atoms with Crippen molar-refractivity contribution in [2.24, 2.45) is 0 Å². The molecule has 1 amide bonds. The van der Waals surface area contributed by atoms with Gasteiger partial charge >= 0.3 is 5.97 Å². The van der Waals surface area contributed by atoms with Crippen molar-refractivity contribution in [3.63, 3.8) is 0 Å². The zero-order valence-electron chi connectivity index (χ0n) is 20.3. The van der Waals surface area contributed by atoms with Gasteiger partial charge in [-0.1, -0.05) is 36.9 Å². The standard InChI is InChI=1S/C26H32ClFN2O4/c1-14-20(16-11-12-18(27)19(28)13-16)21(23(25(32)33)34-26(3,4)5)15(2)29-22(14)24(31)30-17-9-7-6-8-10-17/h11-13,17,23H,6-10H2,1-5H3,(H,30,31)(H,32,33). The van der Waals surface area contributed by atoms with E-state index in [1.54, 1.807) is 40.7 Å². The third-order valence-electron chi connectivity index (χ3n) is 5.99. The molecule has 8 heteroatoms. The van der Waals surface area contributed by atoms with Crippen molar-refractivity contribution in [1.29, 1.82) is 0 Å². The Morgan fingerprint density at radius 3 is 2.41 bits per heavy atom. The first-order valence-corrected chi connectivity index (χ1v) is 11.9. The van der Waals surface area contributed by atoms with Crippen LogP contribution in [0.15, 0.2) is 18.2 Å². The van der Waals surface area contributed by atoms with E-state index in [0.29, 0.717) is 22.4 Å². The first kappa shape index (κ1) is 26.1. The Morgan fingerprint density at radius 1 is 1.21 bits per heavy atom. The number of aromatic nitrogens is 1. The molecule has 0 saturated heterocycles. The Morgan fingerprint density at radius 2 is 1.85 bits per heavy atom. The van der Waals surface area contributed by atoms with Gasteiger partial charge in [-0.15, -0.1) is 0 Å². The summed E-state index contributed by atoms with van der Waals surface area (Å²) in [7, 11) is 0. The first-order chi connectivity index (χ1) is 15.9. The van der Waals surface area contributed by atoms with Gasteiger partial charge < -0.3 is 15.2 Å². The van der Waals surface area contributed by atoms with Crippen molar-refractivity contribution in [1.82, 2.24) is 10.3 Å². The molecule has 1 atom stereocenters. The van der Waals surface area contributed by atoms with E-state index in [1.165, 1.54) is 12.1 Å². The van der Waals surface area contributed by atoms with Crippen LogP contribution in [0.2, 0.25) is 5.02 Å². The number of carbonyl (C=O) groups is 2. The maximum atomic E-state index is 14.5. The van der Waals surface area contributed by atoms with E-state index in [1.807, 2.05) is 0 Å². The Hall–Kier alpha value is -2.51. The molecule has 1 aromatic heterocycles. The minimum Gasteiger partial charge on any atom is -0.479 e. The second kappa shape index (κ2) is 10.4. The Kier molecular flexibility index (Phi) is 7.98. The molecule has 2 aromatic rings. The average molecular weight is 491 g/mol. The van der Waals surface area contributed by atoms with Crippen molar-refractivity contribution in [2.75, 3.05) is 0 Å². The van der Waals surface area contributed by atoms with Crippen LogP contribution in [0, 0.1) is 19.7 Å². The summed E-state index contributed by atoms with van der Waals surface area (Å²) in [5, 5.41) is 13.1. The second-order valence-electron chi connectivity index (χ2n) is 9.85. The quantitative estimate of drug-likeness (QED) is 0.506. The fraction of sp³-hybridized carbons (Fsp3) is 0.500. The number of benzene rings is 1. The summed E-state index contributed by atoms with van der Waals surface area (Å²) in [6.07, 6.45) is 3.75. The van der Waals surface area contributed by atoms with Crippen LogP contribution in [0.1, 0.15) is 86.3 Å². The summed E-state index contributed by atoms with van der Waals surface area (Å²) >= 11 is 5.90. The topological polar surface area (TPSA) is 88.5 Å². The number of rotatable bonds is 6. The van der Waals surface area contributed by atoms with Crippen LogP contribution in [-0.2, 0) is 9.53 Å². The lowest BCUT2D eigenvalue weighted by Gasteiger charge is -2.29. The van der Waals surface area contributed by atoms with Gasteiger partial charge in [0.25, 0.3) is 5.91 Å². The van der Waals surface area contributed by atoms with E-state index in [0.717, 1.165) is 32.1 Å². The Balaban J connectivity index is 2.20. The minimum absolute atomic E-state index is 0.0512. The second-order valence-corrected chi connectivity index (χ2v) is 10.3. The number of pyridine rings is 1. The molecule has 0 aliphatic heterocycles. The summed E-state index contributed by atoms with van der Waals surface area (Å²) in [5.74, 6) is -2.16. The minimum atomic E-state index is -1.37. The molecule has 1 aliphatic carbocycles. The zero-order valence-corrected chi connectivity index (χ0v) is 21.1. The molecule has 1 fully saturated rings. The van der Waals surface area contributed by atoms with E-state index in [2.05, 4.69) is 10.3 Å². The van der Waals surface area contributed by atoms with Crippen LogP contribution in [0.5, 0.6) is 0 Å². The molecule has 1 aliphatic rings. The van der Waals surface area contributed by atoms with Crippen LogP contribution < -0.4 is 5.32 Å². The number of carboxylic acid groups (broad SMARTS) is 1. The Bertz CT molecular complexity index is 1090. The molecule has 0 spiro atoms. The number of halogens is 2. The molecule has 1 heterocycles. The van der Waals surface area contributed by atoms with Crippen molar-refractivity contribution < 1.29 is 23.8 Å². The number of nitrogens with zero attached hydrogens (tertiary/aromatic N) is 1. The third kappa shape index (κ3) is 5.94. The predicted molar refractivity (Wildman–Crippen MR) is 130 cm³/mol. The fourth-order valence-electron chi connectivity index (χ4n) is 4.47. The summed E-state index contributed by atoms with van der Waals surface area (Å²) in [6, 6.07) is 4.34. The van der Waals surface area contributed by atoms with E-state index >= 15 is 0 Å². The van der Waals surface area contributed by atoms with E-state index in [-0.39, 0.29) is 28.2 Å². The molecule has 0 radical (unpaired) electrons. The molecule has 1 saturated carbocycles. The van der Waals surface area contributed by atoms with Crippen molar-refractivity contribution in [2.45, 2.75) is 84.5 Å². The molecule has 184 valence electrons. The van der Waals surface area contributed by atoms with Gasteiger partial charge in [0, 0.05) is 17.3 Å². The smallest absolute Gasteiger partial charge is 0.337 e. The van der Waals surface area contributed by atoms with Crippen LogP contribution >= 0.6 is 11.6 Å². The third-order valence-corrected chi connectivity index (χ3v) is 6.30. The highest BCUT2D eigenvalue weighted by molar-refractivity contribution is 6.30. The lowest BCUT2D eigenvalue weighted by molar-refractivity contribution is -0.160. The van der Waals surface area contributed by atoms with Gasteiger partial charge in [0.05, 0.1) is 10.6 Å². The maximum absolute atomic E-state index is 14.5. The molecule has 6 nitrogen and oxygen atoms in total. The Labute approximate surface area is 204 Å². The van der Waals surface area contributed by atoms with Crippen LogP contribution in [0.25, 0.3) is 11.1 Å². The normalized spacial score (nSPS) is 15.7. The van der Waals surface area contributed by atoms with Gasteiger partial charge in [-0.25, -0.2) is 14.2 Å². The summed E-state index contributed by atoms with van der Waals surface area (Å²) in [5.41, 5.74) is 1.31. The van der Waals surface area contributed by atoms with Gasteiger partial charge in [0.1, 0.15) is 11.5 Å². The van der Waals surface area contributed by atoms with Gasteiger partial charge in [-0.3, -0.25) is 4.79 Å².